The minimum absolute atomic E-state index is 0.0286. The first-order valence-corrected chi connectivity index (χ1v) is 15.4. The lowest BCUT2D eigenvalue weighted by Crippen LogP contribution is -2.22. The molecule has 0 aliphatic rings. The molecule has 0 atom stereocenters. The molecule has 12 heteroatoms. The number of aryl methyl sites for hydroxylation is 2. The van der Waals surface area contributed by atoms with Gasteiger partial charge in [-0.25, -0.2) is 28.8 Å². The number of carbonyl (C=O) groups excluding carboxylic acids is 2. The number of ether oxygens (including phenoxy) is 2. The molecule has 2 aromatic carbocycles. The average molecular weight is 645 g/mol. The van der Waals surface area contributed by atoms with Crippen LogP contribution in [0.2, 0.25) is 0 Å². The monoisotopic (exact) mass is 644 g/mol. The van der Waals surface area contributed by atoms with E-state index in [2.05, 4.69) is 39.0 Å². The number of hydrogen-bond donors (Lipinski definition) is 2. The van der Waals surface area contributed by atoms with Gasteiger partial charge in [-0.05, 0) is 71.8 Å². The zero-order chi connectivity index (χ0) is 33.3. The van der Waals surface area contributed by atoms with E-state index in [-0.39, 0.29) is 24.7 Å². The van der Waals surface area contributed by atoms with Crippen molar-refractivity contribution in [3.8, 4) is 11.5 Å². The highest BCUT2D eigenvalue weighted by molar-refractivity contribution is 5.86. The van der Waals surface area contributed by atoms with E-state index in [1.165, 1.54) is 12.4 Å². The topological polar surface area (TPSA) is 119 Å². The number of nitrogens with zero attached hydrogens (tertiary/aromatic N) is 6. The fourth-order valence-electron chi connectivity index (χ4n) is 5.05. The molecule has 48 heavy (non-hydrogen) atoms. The van der Waals surface area contributed by atoms with Crippen molar-refractivity contribution in [3.05, 3.63) is 132 Å². The third-order valence-electron chi connectivity index (χ3n) is 7.78. The third kappa shape index (κ3) is 7.91. The maximum absolute atomic E-state index is 12.2. The number of nitrogens with one attached hydrogen (secondary N) is 2. The van der Waals surface area contributed by atoms with E-state index >= 15 is 0 Å². The van der Waals surface area contributed by atoms with Gasteiger partial charge in [-0.15, -0.1) is 0 Å². The second kappa shape index (κ2) is 14.9. The molecule has 0 bridgehead atoms. The average Bonchev–Trinajstić information content (AvgIpc) is 3.61. The van der Waals surface area contributed by atoms with Crippen LogP contribution in [0.4, 0.5) is 0 Å². The molecule has 0 saturated carbocycles. The number of benzene rings is 2. The molecule has 4 aromatic heterocycles. The number of fused-ring (bicyclic) bond motifs is 2. The van der Waals surface area contributed by atoms with Gasteiger partial charge in [0.2, 0.25) is 11.8 Å². The maximum atomic E-state index is 12.2. The molecule has 0 aliphatic carbocycles. The van der Waals surface area contributed by atoms with E-state index in [4.69, 9.17) is 9.47 Å². The summed E-state index contributed by atoms with van der Waals surface area (Å²) in [7, 11) is 4.02. The molecular weight excluding hydrogens is 608 g/mol. The van der Waals surface area contributed by atoms with E-state index in [9.17, 15) is 9.59 Å². The van der Waals surface area contributed by atoms with Gasteiger partial charge < -0.3 is 9.47 Å². The molecule has 0 aliphatic heterocycles. The molecule has 0 spiro atoms. The minimum Gasteiger partial charge on any atom is -0.485 e. The fourth-order valence-corrected chi connectivity index (χ4v) is 5.05. The zero-order valence-corrected chi connectivity index (χ0v) is 26.7. The summed E-state index contributed by atoms with van der Waals surface area (Å²) in [5, 5.41) is 7.97. The van der Waals surface area contributed by atoms with Gasteiger partial charge in [-0.1, -0.05) is 12.1 Å². The van der Waals surface area contributed by atoms with Crippen LogP contribution in [0, 0.1) is 0 Å². The molecule has 0 saturated heterocycles. The Bertz CT molecular complexity index is 1950. The van der Waals surface area contributed by atoms with Gasteiger partial charge in [0.25, 0.3) is 11.3 Å². The second-order valence-corrected chi connectivity index (χ2v) is 11.1. The van der Waals surface area contributed by atoms with E-state index in [0.29, 0.717) is 13.2 Å². The minimum atomic E-state index is -0.379. The van der Waals surface area contributed by atoms with Crippen molar-refractivity contribution in [1.29, 1.82) is 0 Å². The zero-order valence-electron chi connectivity index (χ0n) is 26.7. The maximum Gasteiger partial charge on any atom is 0.286 e. The Morgan fingerprint density at radius 1 is 0.646 bits per heavy atom. The van der Waals surface area contributed by atoms with Crippen LogP contribution in [0.1, 0.15) is 35.4 Å². The summed E-state index contributed by atoms with van der Waals surface area (Å²) in [6.45, 7) is 0.854. The van der Waals surface area contributed by atoms with Gasteiger partial charge in [0, 0.05) is 25.0 Å². The lowest BCUT2D eigenvalue weighted by Gasteiger charge is -2.04. The molecule has 12 nitrogen and oxygen atoms in total. The molecule has 6 rings (SSSR count). The number of aromatic nitrogens is 4. The Labute approximate surface area is 277 Å². The Morgan fingerprint density at radius 3 is 1.46 bits per heavy atom. The molecule has 6 aromatic rings. The number of amides is 2. The molecule has 2 amide bonds. The van der Waals surface area contributed by atoms with Gasteiger partial charge >= 0.3 is 0 Å². The van der Waals surface area contributed by atoms with Crippen LogP contribution < -0.4 is 29.1 Å². The molecular formula is C36H36N8O4+2. The highest BCUT2D eigenvalue weighted by Crippen LogP contribution is 2.15. The lowest BCUT2D eigenvalue weighted by atomic mass is 10.2. The molecule has 0 unspecified atom stereocenters. The highest BCUT2D eigenvalue weighted by atomic mass is 16.5. The summed E-state index contributed by atoms with van der Waals surface area (Å²) in [5.41, 5.74) is 10.7. The van der Waals surface area contributed by atoms with Crippen molar-refractivity contribution in [2.24, 2.45) is 24.3 Å². The number of carbonyl (C=O) groups is 2. The highest BCUT2D eigenvalue weighted by Gasteiger charge is 2.15. The number of hydrogen-bond acceptors (Lipinski definition) is 6. The van der Waals surface area contributed by atoms with Crippen molar-refractivity contribution in [2.75, 3.05) is 0 Å². The summed E-state index contributed by atoms with van der Waals surface area (Å²) < 4.78 is 20.2. The first-order valence-electron chi connectivity index (χ1n) is 15.4. The second-order valence-electron chi connectivity index (χ2n) is 11.1. The lowest BCUT2D eigenvalue weighted by molar-refractivity contribution is -0.511. The predicted molar refractivity (Wildman–Crippen MR) is 179 cm³/mol. The van der Waals surface area contributed by atoms with Gasteiger partial charge in [-0.3, -0.25) is 9.59 Å². The predicted octanol–water partition coefficient (Wildman–Crippen LogP) is 3.38. The van der Waals surface area contributed by atoms with Crippen molar-refractivity contribution in [1.82, 2.24) is 20.0 Å². The van der Waals surface area contributed by atoms with Crippen LogP contribution >= 0.6 is 0 Å². The fraction of sp³-hybridized carbons (Fsp3) is 0.167. The summed E-state index contributed by atoms with van der Waals surface area (Å²) in [4.78, 5) is 24.3. The Morgan fingerprint density at radius 2 is 1.06 bits per heavy atom. The smallest absolute Gasteiger partial charge is 0.286 e. The van der Waals surface area contributed by atoms with Crippen LogP contribution in [0.5, 0.6) is 11.5 Å². The summed E-state index contributed by atoms with van der Waals surface area (Å²) in [5.74, 6) is 0.683. The number of hydrazone groups is 2. The van der Waals surface area contributed by atoms with Crippen molar-refractivity contribution in [3.63, 3.8) is 0 Å². The Hall–Kier alpha value is -6.30. The standard InChI is InChI=1S/C36H34N8O4/c1-41-29(23-43-19-5-3-7-35(41)43)25-47-31-13-9-27(10-14-31)21-37-39-33(45)17-18-34(46)40-38-22-28-11-15-32(16-12-28)48-26-30-24-44-20-6-4-8-36(44)42(30)2/h3-16,19-24H,17-18,25-26H2,1-2H3/p+2. The van der Waals surface area contributed by atoms with Gasteiger partial charge in [0.1, 0.15) is 23.9 Å². The van der Waals surface area contributed by atoms with Crippen molar-refractivity contribution < 1.29 is 27.9 Å². The van der Waals surface area contributed by atoms with Gasteiger partial charge in [-0.2, -0.15) is 10.2 Å². The van der Waals surface area contributed by atoms with Gasteiger partial charge in [0.05, 0.1) is 38.9 Å². The summed E-state index contributed by atoms with van der Waals surface area (Å²) in [6.07, 6.45) is 11.1. The first-order chi connectivity index (χ1) is 23.4. The molecule has 0 fully saturated rings. The normalized spacial score (nSPS) is 11.5. The molecule has 0 radical (unpaired) electrons. The van der Waals surface area contributed by atoms with Crippen LogP contribution in [-0.4, -0.2) is 33.4 Å². The van der Waals surface area contributed by atoms with E-state index in [0.717, 1.165) is 45.3 Å². The molecule has 242 valence electrons. The number of rotatable bonds is 13. The third-order valence-corrected chi connectivity index (χ3v) is 7.78. The number of pyridine rings is 2. The molecule has 2 N–H and O–H groups in total. The quantitative estimate of drug-likeness (QED) is 0.114. The number of imidazole rings is 2. The largest absolute Gasteiger partial charge is 0.485 e. The van der Waals surface area contributed by atoms with Crippen LogP contribution in [0.3, 0.4) is 0 Å². The van der Waals surface area contributed by atoms with Crippen LogP contribution in [0.15, 0.2) is 120 Å². The Balaban J connectivity index is 0.874. The van der Waals surface area contributed by atoms with E-state index in [1.54, 1.807) is 0 Å². The first kappa shape index (κ1) is 31.7. The van der Waals surface area contributed by atoms with E-state index < -0.39 is 0 Å². The van der Waals surface area contributed by atoms with E-state index in [1.807, 2.05) is 124 Å². The van der Waals surface area contributed by atoms with Gasteiger partial charge in [0.15, 0.2) is 24.6 Å². The van der Waals surface area contributed by atoms with Crippen molar-refractivity contribution in [2.45, 2.75) is 26.1 Å². The van der Waals surface area contributed by atoms with Crippen LogP contribution in [-0.2, 0) is 36.9 Å². The summed E-state index contributed by atoms with van der Waals surface area (Å²) in [6, 6.07) is 26.8. The summed E-state index contributed by atoms with van der Waals surface area (Å²) >= 11 is 0. The Kier molecular flexibility index (Phi) is 9.81. The van der Waals surface area contributed by atoms with Crippen molar-refractivity contribution >= 4 is 35.5 Å². The molecule has 4 heterocycles. The van der Waals surface area contributed by atoms with Crippen LogP contribution in [0.25, 0.3) is 11.3 Å². The SMILES string of the molecule is Cn1c(COc2ccc(C=NNC(=O)CCC(=O)NN=Cc3ccc(OCc4c[n+]5ccccc5n4C)cc3)cc2)c[n+]2ccccc12.